The molecule has 0 radical (unpaired) electrons. The van der Waals surface area contributed by atoms with E-state index in [1.54, 1.807) is 6.07 Å². The molecule has 0 spiro atoms. The lowest BCUT2D eigenvalue weighted by Crippen LogP contribution is -2.20. The predicted molar refractivity (Wildman–Crippen MR) is 83.3 cm³/mol. The fraction of sp³-hybridized carbons (Fsp3) is 0.500. The number of imide groups is 1. The van der Waals surface area contributed by atoms with Crippen molar-refractivity contribution < 1.29 is 9.59 Å². The highest BCUT2D eigenvalue weighted by atomic mass is 79.9. The Bertz CT molecular complexity index is 513. The van der Waals surface area contributed by atoms with Gasteiger partial charge in [0.25, 0.3) is 11.8 Å². The highest BCUT2D eigenvalue weighted by Crippen LogP contribution is 2.34. The Morgan fingerprint density at radius 2 is 1.85 bits per heavy atom. The molecular weight excluding hydrogens is 318 g/mol. The number of hydrogen-bond acceptors (Lipinski definition) is 2. The normalized spacial score (nSPS) is 15.1. The Morgan fingerprint density at radius 1 is 1.10 bits per heavy atom. The van der Waals surface area contributed by atoms with Crippen LogP contribution in [0.25, 0.3) is 0 Å². The predicted octanol–water partition coefficient (Wildman–Crippen LogP) is 4.37. The van der Waals surface area contributed by atoms with Crippen LogP contribution in [0.4, 0.5) is 0 Å². The molecule has 0 saturated carbocycles. The van der Waals surface area contributed by atoms with Crippen molar-refractivity contribution in [2.45, 2.75) is 50.3 Å². The number of amides is 2. The minimum absolute atomic E-state index is 0.135. The van der Waals surface area contributed by atoms with Crippen molar-refractivity contribution in [3.05, 3.63) is 34.9 Å². The van der Waals surface area contributed by atoms with E-state index in [0.29, 0.717) is 11.1 Å². The van der Waals surface area contributed by atoms with Crippen LogP contribution in [0.2, 0.25) is 0 Å². The largest absolute Gasteiger partial charge is 0.288 e. The number of fused-ring (bicyclic) bond motifs is 1. The van der Waals surface area contributed by atoms with Crippen molar-refractivity contribution in [3.8, 4) is 0 Å². The molecule has 0 bridgehead atoms. The molecule has 0 saturated heterocycles. The second kappa shape index (κ2) is 7.02. The first-order valence-corrected chi connectivity index (χ1v) is 8.19. The monoisotopic (exact) mass is 337 g/mol. The molecule has 1 heterocycles. The Morgan fingerprint density at radius 3 is 2.60 bits per heavy atom. The van der Waals surface area contributed by atoms with Crippen LogP contribution >= 0.6 is 15.9 Å². The summed E-state index contributed by atoms with van der Waals surface area (Å²) in [5.74, 6) is -0.550. The minimum Gasteiger partial charge on any atom is -0.288 e. The maximum atomic E-state index is 11.9. The van der Waals surface area contributed by atoms with Gasteiger partial charge in [-0.3, -0.25) is 14.9 Å². The molecule has 2 amide bonds. The van der Waals surface area contributed by atoms with Gasteiger partial charge in [0.05, 0.1) is 11.1 Å². The van der Waals surface area contributed by atoms with Gasteiger partial charge in [0.1, 0.15) is 0 Å². The van der Waals surface area contributed by atoms with Crippen molar-refractivity contribution in [2.75, 3.05) is 0 Å². The van der Waals surface area contributed by atoms with Crippen LogP contribution in [0, 0.1) is 0 Å². The molecule has 0 fully saturated rings. The zero-order valence-electron chi connectivity index (χ0n) is 11.7. The van der Waals surface area contributed by atoms with Gasteiger partial charge in [-0.1, -0.05) is 67.1 Å². The molecule has 108 valence electrons. The summed E-state index contributed by atoms with van der Waals surface area (Å²) in [6, 6.07) is 5.49. The molecule has 0 aromatic heterocycles. The third-order valence-corrected chi connectivity index (χ3v) is 4.65. The number of rotatable bonds is 7. The molecule has 4 heteroatoms. The Kier molecular flexibility index (Phi) is 5.35. The maximum absolute atomic E-state index is 11.9. The average Bonchev–Trinajstić information content (AvgIpc) is 2.74. The first-order chi connectivity index (χ1) is 9.65. The van der Waals surface area contributed by atoms with E-state index in [1.165, 1.54) is 25.7 Å². The molecule has 3 nitrogen and oxygen atoms in total. The zero-order valence-corrected chi connectivity index (χ0v) is 13.3. The van der Waals surface area contributed by atoms with E-state index in [-0.39, 0.29) is 16.6 Å². The topological polar surface area (TPSA) is 46.2 Å². The lowest BCUT2D eigenvalue weighted by molar-refractivity contribution is 0.0879. The van der Waals surface area contributed by atoms with Gasteiger partial charge in [-0.2, -0.15) is 0 Å². The Labute approximate surface area is 128 Å². The van der Waals surface area contributed by atoms with Gasteiger partial charge in [0.15, 0.2) is 0 Å². The maximum Gasteiger partial charge on any atom is 0.259 e. The second-order valence-corrected chi connectivity index (χ2v) is 6.33. The molecule has 1 unspecified atom stereocenters. The molecule has 1 aromatic rings. The molecule has 1 atom stereocenters. The zero-order chi connectivity index (χ0) is 14.5. The van der Waals surface area contributed by atoms with E-state index in [9.17, 15) is 9.59 Å². The van der Waals surface area contributed by atoms with E-state index in [4.69, 9.17) is 0 Å². The summed E-state index contributed by atoms with van der Waals surface area (Å²) in [5, 5.41) is 2.36. The number of carbonyl (C=O) groups is 2. The number of nitrogens with one attached hydrogen (secondary N) is 1. The highest BCUT2D eigenvalue weighted by Gasteiger charge is 2.30. The fourth-order valence-corrected chi connectivity index (χ4v) is 3.29. The van der Waals surface area contributed by atoms with E-state index in [1.807, 2.05) is 12.1 Å². The fourth-order valence-electron chi connectivity index (χ4n) is 2.59. The van der Waals surface area contributed by atoms with Crippen LogP contribution in [0.3, 0.4) is 0 Å². The highest BCUT2D eigenvalue weighted by molar-refractivity contribution is 9.09. The summed E-state index contributed by atoms with van der Waals surface area (Å²) in [5.41, 5.74) is 1.98. The van der Waals surface area contributed by atoms with Crippen LogP contribution in [-0.2, 0) is 0 Å². The second-order valence-electron chi connectivity index (χ2n) is 5.22. The third-order valence-electron chi connectivity index (χ3n) is 3.69. The van der Waals surface area contributed by atoms with Gasteiger partial charge >= 0.3 is 0 Å². The van der Waals surface area contributed by atoms with E-state index < -0.39 is 0 Å². The third kappa shape index (κ3) is 3.29. The van der Waals surface area contributed by atoms with Crippen LogP contribution in [0.5, 0.6) is 0 Å². The van der Waals surface area contributed by atoms with Gasteiger partial charge in [0, 0.05) is 4.83 Å². The number of halogens is 1. The molecule has 1 aliphatic heterocycles. The summed E-state index contributed by atoms with van der Waals surface area (Å²) < 4.78 is 0. The van der Waals surface area contributed by atoms with Crippen molar-refractivity contribution in [1.29, 1.82) is 0 Å². The van der Waals surface area contributed by atoms with Gasteiger partial charge in [0.2, 0.25) is 0 Å². The van der Waals surface area contributed by atoms with Gasteiger partial charge < -0.3 is 0 Å². The minimum atomic E-state index is -0.283. The summed E-state index contributed by atoms with van der Waals surface area (Å²) >= 11 is 3.66. The van der Waals surface area contributed by atoms with Crippen molar-refractivity contribution >= 4 is 27.7 Å². The van der Waals surface area contributed by atoms with Crippen molar-refractivity contribution in [2.24, 2.45) is 0 Å². The van der Waals surface area contributed by atoms with E-state index >= 15 is 0 Å². The average molecular weight is 338 g/mol. The Hall–Kier alpha value is -1.16. The molecule has 1 aromatic carbocycles. The van der Waals surface area contributed by atoms with E-state index in [0.717, 1.165) is 18.4 Å². The van der Waals surface area contributed by atoms with Crippen LogP contribution in [0.1, 0.15) is 76.6 Å². The SMILES string of the molecule is CCCCCCCC(Br)c1cccc2c1C(=O)NC2=O. The summed E-state index contributed by atoms with van der Waals surface area (Å²) in [7, 11) is 0. The summed E-state index contributed by atoms with van der Waals surface area (Å²) in [6.45, 7) is 2.20. The van der Waals surface area contributed by atoms with E-state index in [2.05, 4.69) is 28.2 Å². The smallest absolute Gasteiger partial charge is 0.259 e. The number of carbonyl (C=O) groups excluding carboxylic acids is 2. The lowest BCUT2D eigenvalue weighted by Gasteiger charge is -2.13. The summed E-state index contributed by atoms with van der Waals surface area (Å²) in [4.78, 5) is 23.6. The number of benzene rings is 1. The van der Waals surface area contributed by atoms with Crippen molar-refractivity contribution in [3.63, 3.8) is 0 Å². The first kappa shape index (κ1) is 15.2. The molecule has 2 rings (SSSR count). The first-order valence-electron chi connectivity index (χ1n) is 7.27. The molecule has 20 heavy (non-hydrogen) atoms. The quantitative estimate of drug-likeness (QED) is 0.456. The van der Waals surface area contributed by atoms with Crippen LogP contribution in [-0.4, -0.2) is 11.8 Å². The van der Waals surface area contributed by atoms with Gasteiger partial charge in [-0.15, -0.1) is 0 Å². The molecule has 1 N–H and O–H groups in total. The number of unbranched alkanes of at least 4 members (excludes halogenated alkanes) is 4. The van der Waals surface area contributed by atoms with Gasteiger partial charge in [-0.05, 0) is 18.1 Å². The molecular formula is C16H20BrNO2. The number of hydrogen-bond donors (Lipinski definition) is 1. The lowest BCUT2D eigenvalue weighted by atomic mass is 9.97. The van der Waals surface area contributed by atoms with Crippen LogP contribution < -0.4 is 5.32 Å². The number of alkyl halides is 1. The Balaban J connectivity index is 2.02. The summed E-state index contributed by atoms with van der Waals surface area (Å²) in [6.07, 6.45) is 7.13. The molecule has 0 aliphatic carbocycles. The standard InChI is InChI=1S/C16H20BrNO2/c1-2-3-4-5-6-10-13(17)11-8-7-9-12-14(11)16(20)18-15(12)19/h7-9,13H,2-6,10H2,1H3,(H,18,19,20). The van der Waals surface area contributed by atoms with Crippen molar-refractivity contribution in [1.82, 2.24) is 5.32 Å². The van der Waals surface area contributed by atoms with Gasteiger partial charge in [-0.25, -0.2) is 0 Å². The van der Waals surface area contributed by atoms with Crippen LogP contribution in [0.15, 0.2) is 18.2 Å². The molecule has 1 aliphatic rings.